The predicted octanol–water partition coefficient (Wildman–Crippen LogP) is 17.0. The number of hydrogen-bond donors (Lipinski definition) is 3. The molecule has 0 fully saturated rings. The van der Waals surface area contributed by atoms with Crippen LogP contribution in [0.25, 0.3) is 0 Å². The summed E-state index contributed by atoms with van der Waals surface area (Å²) in [4.78, 5) is 72.1. The average Bonchev–Trinajstić information content (AvgIpc) is 3.43. The molecule has 0 aliphatic carbocycles. The van der Waals surface area contributed by atoms with Crippen LogP contribution in [0.2, 0.25) is 0 Å². The summed E-state index contributed by atoms with van der Waals surface area (Å²) in [7, 11) is -9.89. The summed E-state index contributed by atoms with van der Waals surface area (Å²) in [6, 6.07) is 0. The molecule has 19 heteroatoms. The average molecular weight is 1210 g/mol. The van der Waals surface area contributed by atoms with E-state index in [1.165, 1.54) is 96.3 Å². The molecule has 0 saturated carbocycles. The molecule has 486 valence electrons. The lowest BCUT2D eigenvalue weighted by atomic mass is 9.99. The number of aliphatic hydroxyl groups is 1. The smallest absolute Gasteiger partial charge is 0.462 e. The van der Waals surface area contributed by atoms with E-state index in [4.69, 9.17) is 37.0 Å². The third-order valence-corrected chi connectivity index (χ3v) is 16.6. The Labute approximate surface area is 498 Å². The highest BCUT2D eigenvalue weighted by molar-refractivity contribution is 7.47. The summed E-state index contributed by atoms with van der Waals surface area (Å²) < 4.78 is 67.9. The molecule has 0 aliphatic rings. The minimum absolute atomic E-state index is 0.102. The molecular weight excluding hydrogens is 1090 g/mol. The van der Waals surface area contributed by atoms with Crippen molar-refractivity contribution in [1.82, 2.24) is 0 Å². The van der Waals surface area contributed by atoms with E-state index >= 15 is 0 Å². The maximum Gasteiger partial charge on any atom is 0.472 e. The van der Waals surface area contributed by atoms with Gasteiger partial charge in [-0.05, 0) is 49.4 Å². The monoisotopic (exact) mass is 1210 g/mol. The van der Waals surface area contributed by atoms with Gasteiger partial charge in [0.1, 0.15) is 19.3 Å². The van der Waals surface area contributed by atoms with E-state index in [9.17, 15) is 43.2 Å². The first-order chi connectivity index (χ1) is 39.1. The van der Waals surface area contributed by atoms with Gasteiger partial charge in [-0.15, -0.1) is 0 Å². The van der Waals surface area contributed by atoms with Gasteiger partial charge < -0.3 is 33.8 Å². The van der Waals surface area contributed by atoms with E-state index < -0.39 is 97.5 Å². The molecule has 0 bridgehead atoms. The van der Waals surface area contributed by atoms with Gasteiger partial charge in [0.05, 0.1) is 26.4 Å². The van der Waals surface area contributed by atoms with E-state index in [1.807, 2.05) is 0 Å². The number of ether oxygens (including phenoxy) is 4. The third-order valence-electron chi connectivity index (χ3n) is 14.7. The Balaban J connectivity index is 5.25. The zero-order valence-electron chi connectivity index (χ0n) is 53.1. The van der Waals surface area contributed by atoms with Crippen LogP contribution in [-0.4, -0.2) is 96.7 Å². The van der Waals surface area contributed by atoms with Gasteiger partial charge in [0.25, 0.3) is 0 Å². The molecule has 0 aliphatic heterocycles. The molecule has 0 radical (unpaired) electrons. The van der Waals surface area contributed by atoms with Crippen molar-refractivity contribution < 1.29 is 80.2 Å². The molecule has 0 aromatic rings. The van der Waals surface area contributed by atoms with Crippen LogP contribution in [0.5, 0.6) is 0 Å². The summed E-state index contributed by atoms with van der Waals surface area (Å²) in [6.07, 6.45) is 32.3. The first-order valence-electron chi connectivity index (χ1n) is 32.7. The molecule has 3 N–H and O–H groups in total. The summed E-state index contributed by atoms with van der Waals surface area (Å²) in [5, 5.41) is 10.5. The predicted molar refractivity (Wildman–Crippen MR) is 326 cm³/mol. The highest BCUT2D eigenvalue weighted by atomic mass is 31.2. The lowest BCUT2D eigenvalue weighted by Gasteiger charge is -2.21. The zero-order valence-corrected chi connectivity index (χ0v) is 54.9. The van der Waals surface area contributed by atoms with Gasteiger partial charge in [-0.2, -0.15) is 0 Å². The van der Waals surface area contributed by atoms with E-state index in [0.717, 1.165) is 108 Å². The highest BCUT2D eigenvalue weighted by Gasteiger charge is 2.30. The fourth-order valence-electron chi connectivity index (χ4n) is 9.22. The van der Waals surface area contributed by atoms with Crippen LogP contribution in [0.15, 0.2) is 0 Å². The number of unbranched alkanes of at least 4 members (excludes halogenated alkanes) is 25. The van der Waals surface area contributed by atoms with Crippen LogP contribution in [0.4, 0.5) is 0 Å². The number of carbonyl (C=O) groups excluding carboxylic acids is 4. The number of rotatable bonds is 60. The fraction of sp³-hybridized carbons (Fsp3) is 0.937. The van der Waals surface area contributed by atoms with Crippen LogP contribution < -0.4 is 0 Å². The summed E-state index contributed by atoms with van der Waals surface area (Å²) in [5.41, 5.74) is 0. The normalized spacial score (nSPS) is 14.8. The SMILES string of the molecule is CCC(C)CCCCCCCCCCC(=O)O[C@H](COC(=O)CCCCCCCCC(C)C)COP(=O)(O)OCC(O)COP(=O)(O)OC[C@@H](COC(=O)CCCCCCCCCCC(C)C)OC(=O)CCCCCCCCCC(C)C. The number of hydrogen-bond acceptors (Lipinski definition) is 15. The second-order valence-corrected chi connectivity index (χ2v) is 27.4. The van der Waals surface area contributed by atoms with Crippen molar-refractivity contribution in [1.29, 1.82) is 0 Å². The van der Waals surface area contributed by atoms with Gasteiger partial charge in [0, 0.05) is 25.7 Å². The van der Waals surface area contributed by atoms with Crippen molar-refractivity contribution in [2.24, 2.45) is 23.7 Å². The summed E-state index contributed by atoms with van der Waals surface area (Å²) in [6.45, 7) is 13.9. The Morgan fingerprint density at radius 3 is 0.866 bits per heavy atom. The third kappa shape index (κ3) is 55.9. The van der Waals surface area contributed by atoms with Crippen LogP contribution in [0, 0.1) is 23.7 Å². The van der Waals surface area contributed by atoms with Gasteiger partial charge in [-0.25, -0.2) is 9.13 Å². The van der Waals surface area contributed by atoms with Crippen LogP contribution in [0.3, 0.4) is 0 Å². The van der Waals surface area contributed by atoms with Crippen molar-refractivity contribution in [3.05, 3.63) is 0 Å². The molecule has 6 atom stereocenters. The van der Waals surface area contributed by atoms with Crippen LogP contribution in [0.1, 0.15) is 299 Å². The van der Waals surface area contributed by atoms with E-state index in [2.05, 4.69) is 55.4 Å². The number of aliphatic hydroxyl groups excluding tert-OH is 1. The van der Waals surface area contributed by atoms with Gasteiger partial charge in [-0.1, -0.05) is 248 Å². The van der Waals surface area contributed by atoms with Crippen LogP contribution >= 0.6 is 15.6 Å². The highest BCUT2D eigenvalue weighted by Crippen LogP contribution is 2.45. The van der Waals surface area contributed by atoms with E-state index in [1.54, 1.807) is 0 Å². The van der Waals surface area contributed by atoms with Gasteiger partial charge >= 0.3 is 39.5 Å². The minimum Gasteiger partial charge on any atom is -0.462 e. The second-order valence-electron chi connectivity index (χ2n) is 24.5. The second kappa shape index (κ2) is 53.3. The van der Waals surface area contributed by atoms with Gasteiger partial charge in [0.15, 0.2) is 12.2 Å². The molecule has 0 saturated heterocycles. The first kappa shape index (κ1) is 80.1. The van der Waals surface area contributed by atoms with E-state index in [0.29, 0.717) is 37.5 Å². The van der Waals surface area contributed by atoms with Crippen molar-refractivity contribution >= 4 is 39.5 Å². The van der Waals surface area contributed by atoms with Crippen molar-refractivity contribution in [3.63, 3.8) is 0 Å². The van der Waals surface area contributed by atoms with Crippen molar-refractivity contribution in [2.45, 2.75) is 318 Å². The topological polar surface area (TPSA) is 237 Å². The number of phosphoric acid groups is 2. The molecule has 0 amide bonds. The lowest BCUT2D eigenvalue weighted by molar-refractivity contribution is -0.161. The molecule has 0 aromatic heterocycles. The number of phosphoric ester groups is 2. The zero-order chi connectivity index (χ0) is 61.1. The summed E-state index contributed by atoms with van der Waals surface area (Å²) >= 11 is 0. The molecule has 0 spiro atoms. The summed E-state index contributed by atoms with van der Waals surface area (Å²) in [5.74, 6) is 0.726. The van der Waals surface area contributed by atoms with Gasteiger partial charge in [-0.3, -0.25) is 37.3 Å². The molecule has 0 heterocycles. The standard InChI is InChI=1S/C63H122O17P2/c1-9-56(8)42-34-26-17-11-13-19-29-37-45-62(67)79-59(50-74-61(66)44-36-28-22-21-25-33-41-55(6)7)52-78-82(71,72)76-48-57(64)47-75-81(69,70)77-51-58(80-63(68)46-38-30-20-14-16-24-32-40-54(4)5)49-73-60(65)43-35-27-18-12-10-15-23-31-39-53(2)3/h53-59,64H,9-52H2,1-8H3,(H,69,70)(H,71,72)/t56?,57?,58-,59-/m1/s1. The molecule has 0 rings (SSSR count). The quantitative estimate of drug-likeness (QED) is 0.0222. The van der Waals surface area contributed by atoms with Gasteiger partial charge in [0.2, 0.25) is 0 Å². The maximum absolute atomic E-state index is 13.0. The Hall–Kier alpha value is -1.94. The number of esters is 4. The Morgan fingerprint density at radius 2 is 0.585 bits per heavy atom. The van der Waals surface area contributed by atoms with Crippen molar-refractivity contribution in [3.8, 4) is 0 Å². The minimum atomic E-state index is -4.94. The molecule has 4 unspecified atom stereocenters. The first-order valence-corrected chi connectivity index (χ1v) is 35.7. The number of carbonyl (C=O) groups is 4. The maximum atomic E-state index is 13.0. The fourth-order valence-corrected chi connectivity index (χ4v) is 10.8. The largest absolute Gasteiger partial charge is 0.472 e. The van der Waals surface area contributed by atoms with E-state index in [-0.39, 0.29) is 25.7 Å². The molecule has 17 nitrogen and oxygen atoms in total. The molecular formula is C63H122O17P2. The molecule has 82 heavy (non-hydrogen) atoms. The van der Waals surface area contributed by atoms with Crippen molar-refractivity contribution in [2.75, 3.05) is 39.6 Å². The van der Waals surface area contributed by atoms with Crippen LogP contribution in [-0.2, 0) is 65.4 Å². The Kier molecular flexibility index (Phi) is 52.0. The molecule has 0 aromatic carbocycles. The lowest BCUT2D eigenvalue weighted by Crippen LogP contribution is -2.30. The Bertz CT molecular complexity index is 1650. The Morgan fingerprint density at radius 1 is 0.341 bits per heavy atom.